The zero-order valence-electron chi connectivity index (χ0n) is 17.7. The number of fused-ring (bicyclic) bond motifs is 1. The van der Waals surface area contributed by atoms with Crippen LogP contribution in [0.1, 0.15) is 32.7 Å². The molecule has 2 aromatic carbocycles. The molecule has 0 unspecified atom stereocenters. The molecule has 1 aliphatic heterocycles. The molecule has 3 amide bonds. The maximum absolute atomic E-state index is 12.5. The Balaban J connectivity index is 1.41. The van der Waals surface area contributed by atoms with Crippen molar-refractivity contribution < 1.29 is 23.9 Å². The predicted octanol–water partition coefficient (Wildman–Crippen LogP) is 2.57. The largest absolute Gasteiger partial charge is 0.493 e. The van der Waals surface area contributed by atoms with Gasteiger partial charge < -0.3 is 14.8 Å². The monoisotopic (exact) mass is 434 g/mol. The van der Waals surface area contributed by atoms with Crippen molar-refractivity contribution in [1.29, 1.82) is 0 Å². The van der Waals surface area contributed by atoms with Crippen LogP contribution in [0.15, 0.2) is 54.7 Å². The van der Waals surface area contributed by atoms with E-state index in [2.05, 4.69) is 10.4 Å². The van der Waals surface area contributed by atoms with Gasteiger partial charge in [-0.15, -0.1) is 0 Å². The molecule has 0 radical (unpaired) electrons. The van der Waals surface area contributed by atoms with Crippen LogP contribution in [-0.4, -0.2) is 53.2 Å². The molecule has 0 saturated carbocycles. The van der Waals surface area contributed by atoms with Crippen molar-refractivity contribution in [2.75, 3.05) is 26.1 Å². The third kappa shape index (κ3) is 3.92. The summed E-state index contributed by atoms with van der Waals surface area (Å²) in [5.41, 5.74) is 1.56. The van der Waals surface area contributed by atoms with Crippen molar-refractivity contribution in [1.82, 2.24) is 14.7 Å². The van der Waals surface area contributed by atoms with Crippen molar-refractivity contribution >= 4 is 23.5 Å². The first-order chi connectivity index (χ1) is 15.5. The molecule has 2 heterocycles. The molecule has 32 heavy (non-hydrogen) atoms. The van der Waals surface area contributed by atoms with Crippen molar-refractivity contribution in [2.24, 2.45) is 0 Å². The highest BCUT2D eigenvalue weighted by molar-refractivity contribution is 6.21. The van der Waals surface area contributed by atoms with E-state index in [0.29, 0.717) is 35.0 Å². The van der Waals surface area contributed by atoms with E-state index in [4.69, 9.17) is 9.47 Å². The number of hydrogen-bond acceptors (Lipinski definition) is 6. The number of hydrogen-bond donors (Lipinski definition) is 1. The fourth-order valence-corrected chi connectivity index (χ4v) is 3.67. The second-order valence-electron chi connectivity index (χ2n) is 7.13. The van der Waals surface area contributed by atoms with Crippen LogP contribution in [0.4, 0.5) is 5.82 Å². The fourth-order valence-electron chi connectivity index (χ4n) is 3.67. The molecule has 164 valence electrons. The number of rotatable bonds is 8. The van der Waals surface area contributed by atoms with Gasteiger partial charge in [-0.2, -0.15) is 5.10 Å². The Morgan fingerprint density at radius 1 is 0.969 bits per heavy atom. The molecule has 0 spiro atoms. The van der Waals surface area contributed by atoms with Crippen molar-refractivity contribution in [3.8, 4) is 11.5 Å². The van der Waals surface area contributed by atoms with Crippen LogP contribution >= 0.6 is 0 Å². The zero-order chi connectivity index (χ0) is 22.7. The molecule has 4 rings (SSSR count). The molecule has 9 nitrogen and oxygen atoms in total. The third-order valence-corrected chi connectivity index (χ3v) is 5.23. The lowest BCUT2D eigenvalue weighted by atomic mass is 10.1. The van der Waals surface area contributed by atoms with E-state index < -0.39 is 0 Å². The molecule has 1 aromatic heterocycles. The van der Waals surface area contributed by atoms with E-state index in [0.717, 1.165) is 10.5 Å². The van der Waals surface area contributed by atoms with E-state index >= 15 is 0 Å². The van der Waals surface area contributed by atoms with Gasteiger partial charge in [0.25, 0.3) is 11.8 Å². The first-order valence-corrected chi connectivity index (χ1v) is 10.00. The number of nitrogens with zero attached hydrogens (tertiary/aromatic N) is 3. The molecule has 1 N–H and O–H groups in total. The SMILES string of the molecule is COc1cccc(Cn2nccc2NC(=O)CCN2C(=O)c3ccccc3C2=O)c1OC. The van der Waals surface area contributed by atoms with Crippen LogP contribution in [0.25, 0.3) is 0 Å². The maximum atomic E-state index is 12.5. The number of anilines is 1. The average Bonchev–Trinajstić information content (AvgIpc) is 3.34. The second kappa shape index (κ2) is 8.93. The van der Waals surface area contributed by atoms with E-state index in [1.807, 2.05) is 12.1 Å². The van der Waals surface area contributed by atoms with E-state index in [1.165, 1.54) is 0 Å². The standard InChI is InChI=1S/C23H22N4O5/c1-31-18-9-5-6-15(21(18)32-2)14-27-19(10-12-24-27)25-20(28)11-13-26-22(29)16-7-3-4-8-17(16)23(26)30/h3-10,12H,11,13-14H2,1-2H3,(H,25,28). The van der Waals surface area contributed by atoms with Crippen LogP contribution in [0.2, 0.25) is 0 Å². The van der Waals surface area contributed by atoms with E-state index in [9.17, 15) is 14.4 Å². The molecule has 0 fully saturated rings. The minimum Gasteiger partial charge on any atom is -0.493 e. The lowest BCUT2D eigenvalue weighted by molar-refractivity contribution is -0.116. The first-order valence-electron chi connectivity index (χ1n) is 10.00. The number of benzene rings is 2. The number of imide groups is 1. The Hall–Kier alpha value is -4.14. The molecule has 9 heteroatoms. The highest BCUT2D eigenvalue weighted by atomic mass is 16.5. The van der Waals surface area contributed by atoms with Crippen molar-refractivity contribution in [3.05, 3.63) is 71.4 Å². The number of nitrogens with one attached hydrogen (secondary N) is 1. The summed E-state index contributed by atoms with van der Waals surface area (Å²) in [6.07, 6.45) is 1.55. The van der Waals surface area contributed by atoms with Gasteiger partial charge in [0.15, 0.2) is 11.5 Å². The van der Waals surface area contributed by atoms with E-state index in [-0.39, 0.29) is 30.7 Å². The van der Waals surface area contributed by atoms with E-state index in [1.54, 1.807) is 61.5 Å². The number of carbonyl (C=O) groups is 3. The summed E-state index contributed by atoms with van der Waals surface area (Å²) < 4.78 is 12.4. The predicted molar refractivity (Wildman–Crippen MR) is 116 cm³/mol. The second-order valence-corrected chi connectivity index (χ2v) is 7.13. The lowest BCUT2D eigenvalue weighted by Crippen LogP contribution is -2.33. The molecular weight excluding hydrogens is 412 g/mol. The first kappa shape index (κ1) is 21.1. The van der Waals surface area contributed by atoms with Crippen LogP contribution in [-0.2, 0) is 11.3 Å². The lowest BCUT2D eigenvalue weighted by Gasteiger charge is -2.15. The van der Waals surface area contributed by atoms with Gasteiger partial charge in [-0.3, -0.25) is 19.3 Å². The van der Waals surface area contributed by atoms with Crippen LogP contribution in [0.3, 0.4) is 0 Å². The quantitative estimate of drug-likeness (QED) is 0.547. The average molecular weight is 434 g/mol. The van der Waals surface area contributed by atoms with Gasteiger partial charge in [-0.1, -0.05) is 24.3 Å². The normalized spacial score (nSPS) is 12.6. The molecule has 0 bridgehead atoms. The Kier molecular flexibility index (Phi) is 5.89. The summed E-state index contributed by atoms with van der Waals surface area (Å²) in [7, 11) is 3.13. The van der Waals surface area contributed by atoms with Crippen molar-refractivity contribution in [2.45, 2.75) is 13.0 Å². The van der Waals surface area contributed by atoms with Gasteiger partial charge in [0, 0.05) is 24.6 Å². The van der Waals surface area contributed by atoms with Gasteiger partial charge >= 0.3 is 0 Å². The maximum Gasteiger partial charge on any atom is 0.261 e. The summed E-state index contributed by atoms with van der Waals surface area (Å²) in [5, 5.41) is 7.06. The fraction of sp³-hybridized carbons (Fsp3) is 0.217. The number of carbonyl (C=O) groups excluding carboxylic acids is 3. The zero-order valence-corrected chi connectivity index (χ0v) is 17.7. The summed E-state index contributed by atoms with van der Waals surface area (Å²) in [4.78, 5) is 38.5. The number of methoxy groups -OCH3 is 2. The summed E-state index contributed by atoms with van der Waals surface area (Å²) in [5.74, 6) is 0.586. The molecule has 0 saturated heterocycles. The van der Waals surface area contributed by atoms with Gasteiger partial charge in [0.2, 0.25) is 5.91 Å². The number of amides is 3. The smallest absolute Gasteiger partial charge is 0.261 e. The highest BCUT2D eigenvalue weighted by Crippen LogP contribution is 2.31. The topological polar surface area (TPSA) is 103 Å². The summed E-state index contributed by atoms with van der Waals surface area (Å²) in [6, 6.07) is 13.8. The molecule has 1 aliphatic rings. The minimum atomic E-state index is -0.381. The molecular formula is C23H22N4O5. The Morgan fingerprint density at radius 2 is 1.69 bits per heavy atom. The Bertz CT molecular complexity index is 1150. The molecule has 0 aliphatic carbocycles. The van der Waals surface area contributed by atoms with Gasteiger partial charge in [-0.25, -0.2) is 4.68 Å². The highest BCUT2D eigenvalue weighted by Gasteiger charge is 2.35. The van der Waals surface area contributed by atoms with Crippen LogP contribution in [0.5, 0.6) is 11.5 Å². The summed E-state index contributed by atoms with van der Waals surface area (Å²) >= 11 is 0. The third-order valence-electron chi connectivity index (χ3n) is 5.23. The summed E-state index contributed by atoms with van der Waals surface area (Å²) in [6.45, 7) is 0.345. The number of ether oxygens (including phenoxy) is 2. The number of para-hydroxylation sites is 1. The van der Waals surface area contributed by atoms with Gasteiger partial charge in [0.05, 0.1) is 38.1 Å². The number of aromatic nitrogens is 2. The van der Waals surface area contributed by atoms with Gasteiger partial charge in [0.1, 0.15) is 5.82 Å². The van der Waals surface area contributed by atoms with Crippen LogP contribution < -0.4 is 14.8 Å². The van der Waals surface area contributed by atoms with Gasteiger partial charge in [-0.05, 0) is 18.2 Å². The van der Waals surface area contributed by atoms with Crippen LogP contribution in [0, 0.1) is 0 Å². The Morgan fingerprint density at radius 3 is 2.34 bits per heavy atom. The Labute approximate surface area is 184 Å². The molecule has 3 aromatic rings. The van der Waals surface area contributed by atoms with Crippen molar-refractivity contribution in [3.63, 3.8) is 0 Å². The molecule has 0 atom stereocenters. The minimum absolute atomic E-state index is 0.00394.